The largest absolute Gasteiger partial charge is 0.306 e. The van der Waals surface area contributed by atoms with E-state index in [-0.39, 0.29) is 0 Å². The molecule has 0 atom stereocenters. The van der Waals surface area contributed by atoms with Crippen LogP contribution in [0.3, 0.4) is 0 Å². The Balaban J connectivity index is 3.86. The van der Waals surface area contributed by atoms with Gasteiger partial charge in [-0.05, 0) is 26.0 Å². The van der Waals surface area contributed by atoms with E-state index >= 15 is 0 Å². The summed E-state index contributed by atoms with van der Waals surface area (Å²) in [6.45, 7) is 3.64. The lowest BCUT2D eigenvalue weighted by molar-refractivity contribution is 1.43. The molecule has 0 saturated heterocycles. The van der Waals surface area contributed by atoms with Gasteiger partial charge in [0.15, 0.2) is 0 Å². The number of nitrogens with zero attached hydrogens (tertiary/aromatic N) is 1. The van der Waals surface area contributed by atoms with Crippen molar-refractivity contribution in [3.8, 4) is 0 Å². The molecule has 0 aromatic rings. The minimum atomic E-state index is 0.554. The first-order valence-electron chi connectivity index (χ1n) is 2.83. The van der Waals surface area contributed by atoms with Gasteiger partial charge in [-0.1, -0.05) is 0 Å². The van der Waals surface area contributed by atoms with Crippen molar-refractivity contribution in [3.63, 3.8) is 0 Å². The first-order valence-corrected chi connectivity index (χ1v) is 2.83. The molecule has 0 spiro atoms. The van der Waals surface area contributed by atoms with Gasteiger partial charge < -0.3 is 5.41 Å². The average Bonchev–Trinajstić information content (AvgIpc) is 1.83. The monoisotopic (exact) mass is 124 g/mol. The van der Waals surface area contributed by atoms with E-state index in [1.54, 1.807) is 20.0 Å². The Morgan fingerprint density at radius 3 is 2.22 bits per heavy atom. The molecule has 0 rings (SSSR count). The van der Waals surface area contributed by atoms with Crippen LogP contribution in [0.15, 0.2) is 17.1 Å². The molecule has 9 heavy (non-hydrogen) atoms. The molecule has 2 heteroatoms. The van der Waals surface area contributed by atoms with Crippen molar-refractivity contribution in [1.82, 2.24) is 0 Å². The molecule has 0 aliphatic heterocycles. The normalized spacial score (nSPS) is 12.6. The SMILES string of the molecule is C/N=C(C)\C=C/C(C)=N. The Labute approximate surface area is 55.8 Å². The van der Waals surface area contributed by atoms with E-state index in [2.05, 4.69) is 4.99 Å². The van der Waals surface area contributed by atoms with Gasteiger partial charge in [-0.3, -0.25) is 4.99 Å². The highest BCUT2D eigenvalue weighted by Gasteiger charge is 1.78. The highest BCUT2D eigenvalue weighted by Crippen LogP contribution is 1.79. The van der Waals surface area contributed by atoms with Crippen molar-refractivity contribution < 1.29 is 0 Å². The van der Waals surface area contributed by atoms with E-state index in [9.17, 15) is 0 Å². The summed E-state index contributed by atoms with van der Waals surface area (Å²) < 4.78 is 0. The minimum Gasteiger partial charge on any atom is -0.306 e. The molecule has 0 saturated carbocycles. The smallest absolute Gasteiger partial charge is 0.0314 e. The van der Waals surface area contributed by atoms with Crippen LogP contribution in [0.1, 0.15) is 13.8 Å². The van der Waals surface area contributed by atoms with Crippen molar-refractivity contribution in [2.75, 3.05) is 7.05 Å². The van der Waals surface area contributed by atoms with Gasteiger partial charge in [0.2, 0.25) is 0 Å². The molecule has 0 fully saturated rings. The highest BCUT2D eigenvalue weighted by molar-refractivity contribution is 6.00. The fourth-order valence-corrected chi connectivity index (χ4v) is 0.320. The molecule has 0 aliphatic rings. The van der Waals surface area contributed by atoms with Gasteiger partial charge in [0.05, 0.1) is 0 Å². The van der Waals surface area contributed by atoms with Crippen molar-refractivity contribution >= 4 is 11.4 Å². The second-order valence-electron chi connectivity index (χ2n) is 1.88. The molecule has 50 valence electrons. The molecule has 2 nitrogen and oxygen atoms in total. The zero-order valence-electron chi connectivity index (χ0n) is 6.10. The molecule has 0 amide bonds. The first-order chi connectivity index (χ1) is 4.16. The lowest BCUT2D eigenvalue weighted by Crippen LogP contribution is -1.85. The van der Waals surface area contributed by atoms with E-state index < -0.39 is 0 Å². The van der Waals surface area contributed by atoms with Crippen LogP contribution in [0, 0.1) is 5.41 Å². The summed E-state index contributed by atoms with van der Waals surface area (Å²) in [4.78, 5) is 3.89. The topological polar surface area (TPSA) is 36.2 Å². The minimum absolute atomic E-state index is 0.554. The van der Waals surface area contributed by atoms with Crippen LogP contribution in [0.4, 0.5) is 0 Å². The standard InChI is InChI=1S/C7H12N2/c1-6(8)4-5-7(2)9-3/h4-5,8H,1-3H3/b5-4-,8-6?,9-7-. The van der Waals surface area contributed by atoms with E-state index in [0.717, 1.165) is 5.71 Å². The van der Waals surface area contributed by atoms with Crippen LogP contribution >= 0.6 is 0 Å². The Morgan fingerprint density at radius 1 is 1.33 bits per heavy atom. The molecule has 1 N–H and O–H groups in total. The van der Waals surface area contributed by atoms with Gasteiger partial charge in [-0.25, -0.2) is 0 Å². The molecule has 0 heterocycles. The average molecular weight is 124 g/mol. The lowest BCUT2D eigenvalue weighted by atomic mass is 10.3. The zero-order valence-corrected chi connectivity index (χ0v) is 6.10. The molecule has 0 aromatic heterocycles. The van der Waals surface area contributed by atoms with Gasteiger partial charge in [-0.15, -0.1) is 0 Å². The molecule has 0 radical (unpaired) electrons. The highest BCUT2D eigenvalue weighted by atomic mass is 14.7. The third kappa shape index (κ3) is 4.94. The Kier molecular flexibility index (Phi) is 3.60. The maximum atomic E-state index is 7.02. The van der Waals surface area contributed by atoms with E-state index in [1.165, 1.54) is 0 Å². The van der Waals surface area contributed by atoms with Crippen molar-refractivity contribution in [2.24, 2.45) is 4.99 Å². The molecular weight excluding hydrogens is 112 g/mol. The predicted molar refractivity (Wildman–Crippen MR) is 41.6 cm³/mol. The Morgan fingerprint density at radius 2 is 1.89 bits per heavy atom. The van der Waals surface area contributed by atoms with E-state index in [4.69, 9.17) is 5.41 Å². The van der Waals surface area contributed by atoms with Crippen LogP contribution in [0.5, 0.6) is 0 Å². The zero-order chi connectivity index (χ0) is 7.28. The maximum absolute atomic E-state index is 7.02. The number of hydrogen-bond donors (Lipinski definition) is 1. The summed E-state index contributed by atoms with van der Waals surface area (Å²) in [5.74, 6) is 0. The van der Waals surface area contributed by atoms with Crippen LogP contribution in [0.2, 0.25) is 0 Å². The quantitative estimate of drug-likeness (QED) is 0.544. The number of rotatable bonds is 2. The van der Waals surface area contributed by atoms with Gasteiger partial charge >= 0.3 is 0 Å². The van der Waals surface area contributed by atoms with Crippen LogP contribution in [-0.4, -0.2) is 18.5 Å². The van der Waals surface area contributed by atoms with Gasteiger partial charge in [-0.2, -0.15) is 0 Å². The lowest BCUT2D eigenvalue weighted by Gasteiger charge is -1.85. The van der Waals surface area contributed by atoms with Gasteiger partial charge in [0, 0.05) is 18.5 Å². The summed E-state index contributed by atoms with van der Waals surface area (Å²) in [5.41, 5.74) is 1.50. The number of hydrogen-bond acceptors (Lipinski definition) is 2. The summed E-state index contributed by atoms with van der Waals surface area (Å²) in [7, 11) is 1.74. The fourth-order valence-electron chi connectivity index (χ4n) is 0.320. The third-order valence-electron chi connectivity index (χ3n) is 0.927. The van der Waals surface area contributed by atoms with Crippen molar-refractivity contribution in [1.29, 1.82) is 5.41 Å². The predicted octanol–water partition coefficient (Wildman–Crippen LogP) is 1.67. The van der Waals surface area contributed by atoms with Crippen molar-refractivity contribution in [3.05, 3.63) is 12.2 Å². The van der Waals surface area contributed by atoms with Crippen LogP contribution in [-0.2, 0) is 0 Å². The fraction of sp³-hybridized carbons (Fsp3) is 0.429. The van der Waals surface area contributed by atoms with Crippen molar-refractivity contribution in [2.45, 2.75) is 13.8 Å². The number of allylic oxidation sites excluding steroid dienone is 2. The summed E-state index contributed by atoms with van der Waals surface area (Å²) >= 11 is 0. The third-order valence-corrected chi connectivity index (χ3v) is 0.927. The second kappa shape index (κ2) is 4.01. The molecular formula is C7H12N2. The molecule has 0 aromatic carbocycles. The molecule has 0 aliphatic carbocycles. The Hall–Kier alpha value is -0.920. The van der Waals surface area contributed by atoms with E-state index in [1.807, 2.05) is 13.0 Å². The second-order valence-corrected chi connectivity index (χ2v) is 1.88. The van der Waals surface area contributed by atoms with Gasteiger partial charge in [0.1, 0.15) is 0 Å². The Bertz CT molecular complexity index is 154. The maximum Gasteiger partial charge on any atom is 0.0314 e. The molecule has 0 unspecified atom stereocenters. The molecule has 0 bridgehead atoms. The van der Waals surface area contributed by atoms with E-state index in [0.29, 0.717) is 5.71 Å². The first kappa shape index (κ1) is 8.08. The summed E-state index contributed by atoms with van der Waals surface area (Å²) in [5, 5.41) is 7.02. The summed E-state index contributed by atoms with van der Waals surface area (Å²) in [6.07, 6.45) is 3.55. The van der Waals surface area contributed by atoms with Crippen LogP contribution < -0.4 is 0 Å². The van der Waals surface area contributed by atoms with Crippen LogP contribution in [0.25, 0.3) is 0 Å². The van der Waals surface area contributed by atoms with Gasteiger partial charge in [0.25, 0.3) is 0 Å². The number of aliphatic imine (C=N–C) groups is 1. The number of nitrogens with one attached hydrogen (secondary N) is 1. The summed E-state index contributed by atoms with van der Waals surface area (Å²) in [6, 6.07) is 0.